The van der Waals surface area contributed by atoms with Crippen LogP contribution in [0.25, 0.3) is 0 Å². The van der Waals surface area contributed by atoms with E-state index < -0.39 is 17.7 Å². The highest BCUT2D eigenvalue weighted by Gasteiger charge is 2.30. The minimum Gasteiger partial charge on any atom is -0.465 e. The summed E-state index contributed by atoms with van der Waals surface area (Å²) in [4.78, 5) is 11.8. The Morgan fingerprint density at radius 3 is 2.52 bits per heavy atom. The number of hydrazone groups is 1. The van der Waals surface area contributed by atoms with Gasteiger partial charge in [0.15, 0.2) is 5.84 Å². The zero-order chi connectivity index (χ0) is 20.2. The Balaban J connectivity index is 2.48. The molecule has 5 N–H and O–H groups in total. The molecule has 0 saturated carbocycles. The summed E-state index contributed by atoms with van der Waals surface area (Å²) in [5, 5.41) is 7.68. The molecule has 2 aromatic carbocycles. The molecule has 0 heterocycles. The fourth-order valence-corrected chi connectivity index (χ4v) is 2.26. The van der Waals surface area contributed by atoms with Crippen LogP contribution in [0.5, 0.6) is 0 Å². The van der Waals surface area contributed by atoms with Crippen molar-refractivity contribution in [3.63, 3.8) is 0 Å². The minimum atomic E-state index is -4.47. The lowest BCUT2D eigenvalue weighted by Gasteiger charge is -2.15. The number of nitrogens with one attached hydrogen (secondary N) is 1. The monoisotopic (exact) mass is 381 g/mol. The maximum absolute atomic E-state index is 12.9. The summed E-state index contributed by atoms with van der Waals surface area (Å²) >= 11 is 0. The van der Waals surface area contributed by atoms with Crippen molar-refractivity contribution in [1.29, 1.82) is 0 Å². The lowest BCUT2D eigenvalue weighted by Crippen LogP contribution is -2.26. The fourth-order valence-electron chi connectivity index (χ4n) is 2.26. The first-order chi connectivity index (χ1) is 12.6. The van der Waals surface area contributed by atoms with Crippen molar-refractivity contribution in [2.75, 3.05) is 19.5 Å². The molecule has 0 radical (unpaired) electrons. The number of methoxy groups -OCH3 is 1. The number of alkyl halides is 3. The van der Waals surface area contributed by atoms with Gasteiger partial charge >= 0.3 is 12.1 Å². The van der Waals surface area contributed by atoms with E-state index in [1.54, 1.807) is 0 Å². The molecule has 0 aliphatic heterocycles. The lowest BCUT2D eigenvalue weighted by molar-refractivity contribution is -0.137. The van der Waals surface area contributed by atoms with Gasteiger partial charge in [-0.15, -0.1) is 5.10 Å². The van der Waals surface area contributed by atoms with Gasteiger partial charge in [0.25, 0.3) is 0 Å². The van der Waals surface area contributed by atoms with Crippen LogP contribution < -0.4 is 16.9 Å². The summed E-state index contributed by atoms with van der Waals surface area (Å²) in [5.74, 6) is 4.81. The van der Waals surface area contributed by atoms with Crippen LogP contribution in [-0.4, -0.2) is 31.1 Å². The van der Waals surface area contributed by atoms with Crippen LogP contribution in [0.3, 0.4) is 0 Å². The van der Waals surface area contributed by atoms with Gasteiger partial charge < -0.3 is 15.8 Å². The average Bonchev–Trinajstić information content (AvgIpc) is 2.60. The first-order valence-corrected chi connectivity index (χ1v) is 7.61. The second-order valence-corrected chi connectivity index (χ2v) is 5.51. The normalized spacial score (nSPS) is 11.9. The quantitative estimate of drug-likeness (QED) is 0.242. The number of nitrogens with two attached hydrogens (primary N) is 2. The van der Waals surface area contributed by atoms with Crippen LogP contribution in [0.15, 0.2) is 47.6 Å². The summed E-state index contributed by atoms with van der Waals surface area (Å²) in [7, 11) is 2.67. The van der Waals surface area contributed by atoms with E-state index in [4.69, 9.17) is 11.6 Å². The Bertz CT molecular complexity index is 866. The molecule has 0 bridgehead atoms. The third-order valence-corrected chi connectivity index (χ3v) is 3.45. The molecule has 0 fully saturated rings. The van der Waals surface area contributed by atoms with Gasteiger partial charge in [-0.25, -0.2) is 15.8 Å². The van der Waals surface area contributed by atoms with Crippen molar-refractivity contribution in [3.8, 4) is 0 Å². The van der Waals surface area contributed by atoms with Crippen molar-refractivity contribution in [3.05, 3.63) is 59.2 Å². The lowest BCUT2D eigenvalue weighted by atomic mass is 10.1. The summed E-state index contributed by atoms with van der Waals surface area (Å²) < 4.78 is 43.4. The van der Waals surface area contributed by atoms with Crippen LogP contribution in [0, 0.1) is 0 Å². The Labute approximate surface area is 153 Å². The zero-order valence-corrected chi connectivity index (χ0v) is 14.5. The van der Waals surface area contributed by atoms with E-state index in [-0.39, 0.29) is 22.6 Å². The smallest absolute Gasteiger partial charge is 0.416 e. The molecular weight excluding hydrogens is 363 g/mol. The molecule has 0 spiro atoms. The van der Waals surface area contributed by atoms with Gasteiger partial charge in [0.2, 0.25) is 0 Å². The molecule has 27 heavy (non-hydrogen) atoms. The predicted octanol–water partition coefficient (Wildman–Crippen LogP) is 2.66. The van der Waals surface area contributed by atoms with Crippen molar-refractivity contribution in [1.82, 2.24) is 5.12 Å². The van der Waals surface area contributed by atoms with E-state index in [9.17, 15) is 18.0 Å². The highest BCUT2D eigenvalue weighted by atomic mass is 19.4. The molecule has 2 rings (SSSR count). The molecule has 2 aromatic rings. The van der Waals surface area contributed by atoms with Gasteiger partial charge in [-0.05, 0) is 36.4 Å². The number of hydrazine groups is 1. The van der Waals surface area contributed by atoms with Gasteiger partial charge in [-0.2, -0.15) is 13.2 Å². The van der Waals surface area contributed by atoms with E-state index in [0.29, 0.717) is 5.69 Å². The second kappa shape index (κ2) is 7.96. The Morgan fingerprint density at radius 1 is 1.22 bits per heavy atom. The first kappa shape index (κ1) is 20.0. The number of carbonyl (C=O) groups is 1. The molecule has 0 atom stereocenters. The SMILES string of the molecule is COC(=O)c1ccc(Nc2cccc(C(F)(F)F)c2)c(/C(N)=N/N(C)N)c1. The molecule has 0 aliphatic rings. The fraction of sp³-hybridized carbons (Fsp3) is 0.176. The number of nitrogens with zero attached hydrogens (tertiary/aromatic N) is 2. The van der Waals surface area contributed by atoms with Crippen LogP contribution in [-0.2, 0) is 10.9 Å². The Kier molecular flexibility index (Phi) is 5.91. The van der Waals surface area contributed by atoms with Crippen molar-refractivity contribution < 1.29 is 22.7 Å². The topological polar surface area (TPSA) is 106 Å². The summed E-state index contributed by atoms with van der Waals surface area (Å²) in [6, 6.07) is 9.01. The number of benzene rings is 2. The van der Waals surface area contributed by atoms with Gasteiger partial charge in [0.1, 0.15) is 0 Å². The van der Waals surface area contributed by atoms with E-state index in [1.165, 1.54) is 44.5 Å². The second-order valence-electron chi connectivity index (χ2n) is 5.51. The third-order valence-electron chi connectivity index (χ3n) is 3.45. The molecule has 0 aliphatic carbocycles. The van der Waals surface area contributed by atoms with Gasteiger partial charge in [-0.1, -0.05) is 6.07 Å². The number of halogens is 3. The maximum Gasteiger partial charge on any atom is 0.416 e. The minimum absolute atomic E-state index is 0.0415. The number of anilines is 2. The van der Waals surface area contributed by atoms with Gasteiger partial charge in [-0.3, -0.25) is 0 Å². The molecule has 7 nitrogen and oxygen atoms in total. The summed E-state index contributed by atoms with van der Waals surface area (Å²) in [5.41, 5.74) is 6.10. The number of hydrogen-bond acceptors (Lipinski definition) is 6. The highest BCUT2D eigenvalue weighted by Crippen LogP contribution is 2.32. The van der Waals surface area contributed by atoms with Crippen LogP contribution in [0.4, 0.5) is 24.5 Å². The third kappa shape index (κ3) is 5.11. The number of rotatable bonds is 5. The average molecular weight is 381 g/mol. The van der Waals surface area contributed by atoms with Crippen LogP contribution in [0.2, 0.25) is 0 Å². The summed E-state index contributed by atoms with van der Waals surface area (Å²) in [6.07, 6.45) is -4.47. The molecule has 0 amide bonds. The van der Waals surface area contributed by atoms with E-state index >= 15 is 0 Å². The highest BCUT2D eigenvalue weighted by molar-refractivity contribution is 6.05. The summed E-state index contributed by atoms with van der Waals surface area (Å²) in [6.45, 7) is 0. The molecular formula is C17H18F3N5O2. The molecule has 0 saturated heterocycles. The number of carbonyl (C=O) groups excluding carboxylic acids is 1. The Morgan fingerprint density at radius 2 is 1.93 bits per heavy atom. The number of amidine groups is 1. The van der Waals surface area contributed by atoms with Crippen molar-refractivity contribution >= 4 is 23.2 Å². The van der Waals surface area contributed by atoms with Crippen LogP contribution >= 0.6 is 0 Å². The maximum atomic E-state index is 12.9. The van der Waals surface area contributed by atoms with Gasteiger partial charge in [0.05, 0.1) is 18.2 Å². The van der Waals surface area contributed by atoms with Crippen molar-refractivity contribution in [2.45, 2.75) is 6.18 Å². The van der Waals surface area contributed by atoms with Gasteiger partial charge in [0, 0.05) is 24.0 Å². The predicted molar refractivity (Wildman–Crippen MR) is 95.2 cm³/mol. The first-order valence-electron chi connectivity index (χ1n) is 7.61. The van der Waals surface area contributed by atoms with Crippen molar-refractivity contribution in [2.24, 2.45) is 16.7 Å². The molecule has 0 unspecified atom stereocenters. The molecule has 0 aromatic heterocycles. The standard InChI is InChI=1S/C17H18F3N5O2/c1-25(22)24-15(21)13-8-10(16(26)27-2)6-7-14(13)23-12-5-3-4-11(9-12)17(18,19)20/h3-9,23H,22H2,1-2H3,(H2,21,24). The van der Waals surface area contributed by atoms with Crippen LogP contribution in [0.1, 0.15) is 21.5 Å². The molecule has 144 valence electrons. The number of hydrogen-bond donors (Lipinski definition) is 3. The molecule has 10 heteroatoms. The van der Waals surface area contributed by atoms with E-state index in [2.05, 4.69) is 15.2 Å². The van der Waals surface area contributed by atoms with E-state index in [0.717, 1.165) is 17.3 Å². The Hall–Kier alpha value is -3.27. The number of esters is 1. The zero-order valence-electron chi connectivity index (χ0n) is 14.5. The largest absolute Gasteiger partial charge is 0.465 e. The number of ether oxygens (including phenoxy) is 1. The van der Waals surface area contributed by atoms with E-state index in [1.807, 2.05) is 0 Å².